The normalized spacial score (nSPS) is 11.1. The fourth-order valence-corrected chi connectivity index (χ4v) is 2.48. The quantitative estimate of drug-likeness (QED) is 0.604. The molecule has 0 aliphatic rings. The molecule has 0 radical (unpaired) electrons. The Morgan fingerprint density at radius 1 is 1.17 bits per heavy atom. The molecule has 1 aromatic heterocycles. The SMILES string of the molecule is COCCNC(=O)/C(=C/c1cccs1)NC(=O)c1ccccc1. The molecule has 0 bridgehead atoms. The summed E-state index contributed by atoms with van der Waals surface area (Å²) in [5, 5.41) is 7.29. The van der Waals surface area contributed by atoms with Crippen LogP contribution in [-0.4, -0.2) is 32.1 Å². The number of rotatable bonds is 7. The zero-order valence-electron chi connectivity index (χ0n) is 12.7. The van der Waals surface area contributed by atoms with E-state index in [0.29, 0.717) is 18.7 Å². The molecule has 1 aromatic carbocycles. The van der Waals surface area contributed by atoms with E-state index in [4.69, 9.17) is 4.74 Å². The third kappa shape index (κ3) is 5.36. The Morgan fingerprint density at radius 3 is 2.61 bits per heavy atom. The zero-order valence-corrected chi connectivity index (χ0v) is 13.6. The van der Waals surface area contributed by atoms with Gasteiger partial charge in [0.15, 0.2) is 0 Å². The molecule has 0 fully saturated rings. The largest absolute Gasteiger partial charge is 0.383 e. The van der Waals surface area contributed by atoms with Crippen LogP contribution in [0.4, 0.5) is 0 Å². The predicted molar refractivity (Wildman–Crippen MR) is 91.1 cm³/mol. The van der Waals surface area contributed by atoms with Crippen molar-refractivity contribution in [2.24, 2.45) is 0 Å². The first-order valence-corrected chi connectivity index (χ1v) is 7.97. The van der Waals surface area contributed by atoms with Crippen LogP contribution in [0.15, 0.2) is 53.5 Å². The predicted octanol–water partition coefficient (Wildman–Crippen LogP) is 2.28. The summed E-state index contributed by atoms with van der Waals surface area (Å²) in [6, 6.07) is 12.5. The van der Waals surface area contributed by atoms with Gasteiger partial charge in [-0.3, -0.25) is 9.59 Å². The van der Waals surface area contributed by atoms with Crippen molar-refractivity contribution in [2.45, 2.75) is 0 Å². The Labute approximate surface area is 139 Å². The van der Waals surface area contributed by atoms with Crippen molar-refractivity contribution in [1.82, 2.24) is 10.6 Å². The lowest BCUT2D eigenvalue weighted by atomic mass is 10.2. The van der Waals surface area contributed by atoms with Gasteiger partial charge in [0.25, 0.3) is 11.8 Å². The van der Waals surface area contributed by atoms with Crippen LogP contribution in [-0.2, 0) is 9.53 Å². The fourth-order valence-electron chi connectivity index (χ4n) is 1.82. The summed E-state index contributed by atoms with van der Waals surface area (Å²) >= 11 is 1.49. The van der Waals surface area contributed by atoms with Gasteiger partial charge in [-0.15, -0.1) is 11.3 Å². The Kier molecular flexibility index (Phi) is 6.53. The van der Waals surface area contributed by atoms with Gasteiger partial charge < -0.3 is 15.4 Å². The molecule has 1 heterocycles. The first-order valence-electron chi connectivity index (χ1n) is 7.09. The van der Waals surface area contributed by atoms with Crippen LogP contribution in [0.5, 0.6) is 0 Å². The molecular formula is C17H18N2O3S. The van der Waals surface area contributed by atoms with Crippen molar-refractivity contribution >= 4 is 29.2 Å². The maximum atomic E-state index is 12.3. The maximum Gasteiger partial charge on any atom is 0.267 e. The Morgan fingerprint density at radius 2 is 1.96 bits per heavy atom. The van der Waals surface area contributed by atoms with Gasteiger partial charge in [-0.25, -0.2) is 0 Å². The minimum Gasteiger partial charge on any atom is -0.383 e. The molecule has 0 spiro atoms. The summed E-state index contributed by atoms with van der Waals surface area (Å²) in [6.07, 6.45) is 1.66. The molecule has 2 aromatic rings. The number of methoxy groups -OCH3 is 1. The van der Waals surface area contributed by atoms with E-state index in [2.05, 4.69) is 10.6 Å². The first kappa shape index (κ1) is 16.9. The molecular weight excluding hydrogens is 312 g/mol. The summed E-state index contributed by atoms with van der Waals surface area (Å²) in [5.41, 5.74) is 0.701. The molecule has 2 N–H and O–H groups in total. The Bertz CT molecular complexity index is 666. The van der Waals surface area contributed by atoms with E-state index < -0.39 is 0 Å². The average molecular weight is 330 g/mol. The average Bonchev–Trinajstić information content (AvgIpc) is 3.08. The highest BCUT2D eigenvalue weighted by Crippen LogP contribution is 2.13. The highest BCUT2D eigenvalue weighted by Gasteiger charge is 2.14. The number of hydrogen-bond acceptors (Lipinski definition) is 4. The molecule has 0 aliphatic heterocycles. The number of benzene rings is 1. The number of amides is 2. The third-order valence-electron chi connectivity index (χ3n) is 2.95. The van der Waals surface area contributed by atoms with E-state index in [1.54, 1.807) is 37.5 Å². The van der Waals surface area contributed by atoms with E-state index in [-0.39, 0.29) is 17.5 Å². The van der Waals surface area contributed by atoms with E-state index in [0.717, 1.165) is 4.88 Å². The van der Waals surface area contributed by atoms with Crippen molar-refractivity contribution < 1.29 is 14.3 Å². The molecule has 2 rings (SSSR count). The lowest BCUT2D eigenvalue weighted by molar-refractivity contribution is -0.117. The lowest BCUT2D eigenvalue weighted by Gasteiger charge is -2.10. The zero-order chi connectivity index (χ0) is 16.5. The monoisotopic (exact) mass is 330 g/mol. The van der Waals surface area contributed by atoms with Crippen LogP contribution in [0, 0.1) is 0 Å². The van der Waals surface area contributed by atoms with Crippen molar-refractivity contribution in [1.29, 1.82) is 0 Å². The minimum absolute atomic E-state index is 0.206. The maximum absolute atomic E-state index is 12.3. The van der Waals surface area contributed by atoms with Crippen molar-refractivity contribution in [3.8, 4) is 0 Å². The van der Waals surface area contributed by atoms with Crippen LogP contribution in [0.25, 0.3) is 6.08 Å². The lowest BCUT2D eigenvalue weighted by Crippen LogP contribution is -2.36. The van der Waals surface area contributed by atoms with E-state index in [9.17, 15) is 9.59 Å². The van der Waals surface area contributed by atoms with E-state index >= 15 is 0 Å². The molecule has 120 valence electrons. The van der Waals surface area contributed by atoms with Crippen LogP contribution < -0.4 is 10.6 Å². The summed E-state index contributed by atoms with van der Waals surface area (Å²) < 4.78 is 4.91. The highest BCUT2D eigenvalue weighted by molar-refractivity contribution is 7.10. The van der Waals surface area contributed by atoms with Gasteiger partial charge in [0.05, 0.1) is 6.61 Å². The first-order chi connectivity index (χ1) is 11.2. The molecule has 0 saturated carbocycles. The molecule has 0 atom stereocenters. The van der Waals surface area contributed by atoms with Gasteiger partial charge in [0, 0.05) is 24.1 Å². The molecule has 0 saturated heterocycles. The van der Waals surface area contributed by atoms with Gasteiger partial charge in [-0.2, -0.15) is 0 Å². The van der Waals surface area contributed by atoms with E-state index in [1.807, 2.05) is 23.6 Å². The second-order valence-corrected chi connectivity index (χ2v) is 5.62. The van der Waals surface area contributed by atoms with Gasteiger partial charge in [0.1, 0.15) is 5.70 Å². The summed E-state index contributed by atoms with van der Waals surface area (Å²) in [5.74, 6) is -0.671. The fraction of sp³-hybridized carbons (Fsp3) is 0.176. The second kappa shape index (κ2) is 8.87. The number of carbonyl (C=O) groups excluding carboxylic acids is 2. The molecule has 0 unspecified atom stereocenters. The third-order valence-corrected chi connectivity index (χ3v) is 3.77. The standard InChI is InChI=1S/C17H18N2O3S/c1-22-10-9-18-17(21)15(12-14-8-5-11-23-14)19-16(20)13-6-3-2-4-7-13/h2-8,11-12H,9-10H2,1H3,(H,18,21)(H,19,20)/b15-12-. The smallest absolute Gasteiger partial charge is 0.267 e. The van der Waals surface area contributed by atoms with Crippen molar-refractivity contribution in [2.75, 3.05) is 20.3 Å². The molecule has 23 heavy (non-hydrogen) atoms. The van der Waals surface area contributed by atoms with Crippen LogP contribution in [0.2, 0.25) is 0 Å². The van der Waals surface area contributed by atoms with Gasteiger partial charge in [-0.05, 0) is 29.7 Å². The number of nitrogens with one attached hydrogen (secondary N) is 2. The number of ether oxygens (including phenoxy) is 1. The number of thiophene rings is 1. The van der Waals surface area contributed by atoms with Gasteiger partial charge >= 0.3 is 0 Å². The number of hydrogen-bond donors (Lipinski definition) is 2. The molecule has 2 amide bonds. The summed E-state index contributed by atoms with van der Waals surface area (Å²) in [4.78, 5) is 25.4. The van der Waals surface area contributed by atoms with Crippen LogP contribution >= 0.6 is 11.3 Å². The van der Waals surface area contributed by atoms with Crippen LogP contribution in [0.3, 0.4) is 0 Å². The van der Waals surface area contributed by atoms with Crippen molar-refractivity contribution in [3.63, 3.8) is 0 Å². The number of carbonyl (C=O) groups is 2. The van der Waals surface area contributed by atoms with E-state index in [1.165, 1.54) is 11.3 Å². The molecule has 6 heteroatoms. The minimum atomic E-state index is -0.347. The summed E-state index contributed by atoms with van der Waals surface area (Å²) in [7, 11) is 1.56. The highest BCUT2D eigenvalue weighted by atomic mass is 32.1. The van der Waals surface area contributed by atoms with Crippen LogP contribution in [0.1, 0.15) is 15.2 Å². The molecule has 5 nitrogen and oxygen atoms in total. The van der Waals surface area contributed by atoms with Crippen molar-refractivity contribution in [3.05, 3.63) is 64.0 Å². The van der Waals surface area contributed by atoms with Gasteiger partial charge in [-0.1, -0.05) is 24.3 Å². The Balaban J connectivity index is 2.13. The molecule has 0 aliphatic carbocycles. The Hall–Kier alpha value is -2.44. The summed E-state index contributed by atoms with van der Waals surface area (Å²) in [6.45, 7) is 0.781. The second-order valence-electron chi connectivity index (χ2n) is 4.64. The van der Waals surface area contributed by atoms with Gasteiger partial charge in [0.2, 0.25) is 0 Å². The topological polar surface area (TPSA) is 67.4 Å².